The van der Waals surface area contributed by atoms with E-state index < -0.39 is 24.2 Å². The summed E-state index contributed by atoms with van der Waals surface area (Å²) in [5.41, 5.74) is 5.38. The van der Waals surface area contributed by atoms with Crippen LogP contribution in [0.5, 0.6) is 5.75 Å². The zero-order valence-electron chi connectivity index (χ0n) is 27.6. The van der Waals surface area contributed by atoms with Crippen LogP contribution in [0.1, 0.15) is 51.7 Å². The molecule has 0 spiro atoms. The van der Waals surface area contributed by atoms with Crippen LogP contribution in [0, 0.1) is 29.1 Å². The monoisotopic (exact) mass is 608 g/mol. The van der Waals surface area contributed by atoms with Gasteiger partial charge in [0.05, 0.1) is 26.4 Å². The fourth-order valence-corrected chi connectivity index (χ4v) is 8.22. The Kier molecular flexibility index (Phi) is 9.64. The topological polar surface area (TPSA) is 107 Å². The number of benzene rings is 2. The van der Waals surface area contributed by atoms with Crippen molar-refractivity contribution in [2.24, 2.45) is 29.1 Å². The van der Waals surface area contributed by atoms with Gasteiger partial charge in [-0.25, -0.2) is 0 Å². The number of aliphatic hydroxyl groups excluding tert-OH is 2. The van der Waals surface area contributed by atoms with E-state index in [9.17, 15) is 15.0 Å². The third-order valence-electron chi connectivity index (χ3n) is 10.9. The fourth-order valence-electron chi connectivity index (χ4n) is 8.22. The van der Waals surface area contributed by atoms with Crippen molar-refractivity contribution >= 4 is 11.6 Å². The van der Waals surface area contributed by atoms with Crippen LogP contribution >= 0.6 is 0 Å². The Morgan fingerprint density at radius 1 is 1.23 bits per heavy atom. The molecule has 2 aromatic carbocycles. The van der Waals surface area contributed by atoms with Gasteiger partial charge in [-0.15, -0.1) is 0 Å². The van der Waals surface area contributed by atoms with Crippen LogP contribution in [0.2, 0.25) is 0 Å². The second-order valence-electron chi connectivity index (χ2n) is 14.0. The lowest BCUT2D eigenvalue weighted by molar-refractivity contribution is -0.183. The highest BCUT2D eigenvalue weighted by Gasteiger charge is 2.57. The minimum absolute atomic E-state index is 0.0811. The van der Waals surface area contributed by atoms with Crippen molar-refractivity contribution in [2.45, 2.75) is 77.9 Å². The molecule has 4 fully saturated rings. The first kappa shape index (κ1) is 32.7. The highest BCUT2D eigenvalue weighted by Crippen LogP contribution is 2.61. The van der Waals surface area contributed by atoms with Crippen LogP contribution in [-0.2, 0) is 22.7 Å². The van der Waals surface area contributed by atoms with Gasteiger partial charge in [0, 0.05) is 49.4 Å². The predicted molar refractivity (Wildman–Crippen MR) is 173 cm³/mol. The van der Waals surface area contributed by atoms with Gasteiger partial charge in [0.15, 0.2) is 0 Å². The van der Waals surface area contributed by atoms with Gasteiger partial charge in [0.2, 0.25) is 5.91 Å². The summed E-state index contributed by atoms with van der Waals surface area (Å²) < 4.78 is 6.03. The molecule has 6 rings (SSSR count). The summed E-state index contributed by atoms with van der Waals surface area (Å²) in [6.07, 6.45) is 0.643. The van der Waals surface area contributed by atoms with Gasteiger partial charge < -0.3 is 30.5 Å². The van der Waals surface area contributed by atoms with Gasteiger partial charge in [-0.05, 0) is 79.3 Å². The lowest BCUT2D eigenvalue weighted by Gasteiger charge is -2.62. The normalized spacial score (nSPS) is 30.0. The van der Waals surface area contributed by atoms with E-state index in [-0.39, 0.29) is 25.1 Å². The van der Waals surface area contributed by atoms with E-state index in [1.165, 1.54) is 6.42 Å². The van der Waals surface area contributed by atoms with Gasteiger partial charge >= 0.3 is 0 Å². The number of nitrogens with one attached hydrogen (secondary N) is 2. The lowest BCUT2D eigenvalue weighted by Crippen LogP contribution is -2.62. The van der Waals surface area contributed by atoms with Gasteiger partial charge in [-0.2, -0.15) is 5.06 Å². The zero-order valence-corrected chi connectivity index (χ0v) is 27.6. The van der Waals surface area contributed by atoms with Gasteiger partial charge in [0.1, 0.15) is 17.9 Å². The number of hydroxylamine groups is 2. The van der Waals surface area contributed by atoms with Crippen molar-refractivity contribution in [1.82, 2.24) is 15.7 Å². The minimum atomic E-state index is -0.850. The number of methoxy groups -OCH3 is 1. The molecule has 242 valence electrons. The molecule has 4 N–H and O–H groups in total. The van der Waals surface area contributed by atoms with E-state index in [1.54, 1.807) is 19.1 Å². The minimum Gasteiger partial charge on any atom is -0.496 e. The number of rotatable bonds is 11. The van der Waals surface area contributed by atoms with E-state index in [0.29, 0.717) is 28.9 Å². The van der Waals surface area contributed by atoms with E-state index in [1.807, 2.05) is 39.3 Å². The van der Waals surface area contributed by atoms with E-state index in [2.05, 4.69) is 54.5 Å². The molecule has 1 aliphatic heterocycles. The molecule has 0 aromatic heterocycles. The molecule has 44 heavy (non-hydrogen) atoms. The molecule has 9 heteroatoms. The number of amides is 1. The number of hydrogen-bond donors (Lipinski definition) is 4. The molecule has 3 saturated carbocycles. The summed E-state index contributed by atoms with van der Waals surface area (Å²) in [4.78, 5) is 22.4. The third-order valence-corrected chi connectivity index (χ3v) is 10.9. The molecule has 1 amide bonds. The molecule has 0 radical (unpaired) electrons. The molecule has 1 saturated heterocycles. The summed E-state index contributed by atoms with van der Waals surface area (Å²) >= 11 is 0. The molecule has 8 atom stereocenters. The number of hydrogen-bond acceptors (Lipinski definition) is 8. The molecular formula is C35H52N4O5. The fraction of sp³-hybridized carbons (Fsp3) is 0.629. The Balaban J connectivity index is 1.45. The molecule has 0 unspecified atom stereocenters. The number of carbonyl (C=O) groups is 1. The average Bonchev–Trinajstić information content (AvgIpc) is 3.36. The average molecular weight is 609 g/mol. The molecule has 2 bridgehead atoms. The summed E-state index contributed by atoms with van der Waals surface area (Å²) in [5, 5.41) is 29.3. The second kappa shape index (κ2) is 13.0. The number of ether oxygens (including phenoxy) is 1. The second-order valence-corrected chi connectivity index (χ2v) is 14.0. The highest BCUT2D eigenvalue weighted by atomic mass is 16.7. The van der Waals surface area contributed by atoms with Crippen molar-refractivity contribution in [3.63, 3.8) is 0 Å². The van der Waals surface area contributed by atoms with Gasteiger partial charge in [0.25, 0.3) is 0 Å². The van der Waals surface area contributed by atoms with E-state index >= 15 is 0 Å². The quantitative estimate of drug-likeness (QED) is 0.305. The Morgan fingerprint density at radius 2 is 1.98 bits per heavy atom. The Morgan fingerprint density at radius 3 is 2.57 bits per heavy atom. The largest absolute Gasteiger partial charge is 0.496 e. The maximum absolute atomic E-state index is 14.1. The van der Waals surface area contributed by atoms with E-state index in [4.69, 9.17) is 9.57 Å². The van der Waals surface area contributed by atoms with Crippen molar-refractivity contribution in [1.29, 1.82) is 0 Å². The number of carbonyl (C=O) groups excluding carboxylic acids is 1. The van der Waals surface area contributed by atoms with Gasteiger partial charge in [-0.3, -0.25) is 9.63 Å². The number of fused-ring (bicyclic) bond motifs is 2. The van der Waals surface area contributed by atoms with Crippen LogP contribution < -0.4 is 20.3 Å². The van der Waals surface area contributed by atoms with Crippen molar-refractivity contribution in [3.05, 3.63) is 47.5 Å². The highest BCUT2D eigenvalue weighted by molar-refractivity contribution is 5.83. The first-order valence-corrected chi connectivity index (χ1v) is 16.1. The zero-order chi connectivity index (χ0) is 31.9. The van der Waals surface area contributed by atoms with Crippen molar-refractivity contribution in [3.8, 4) is 16.9 Å². The Labute approximate surface area is 262 Å². The summed E-state index contributed by atoms with van der Waals surface area (Å²) in [6.45, 7) is 9.31. The summed E-state index contributed by atoms with van der Waals surface area (Å²) in [7, 11) is 7.65. The summed E-state index contributed by atoms with van der Waals surface area (Å²) in [5.74, 6) is 1.52. The smallest absolute Gasteiger partial charge is 0.240 e. The SMILES string of the molecule is CNCc1cc(-c2cccc(CN3O[C@@H](CO)[C@@H]([C@H](C)O)[C@H]3C(=O)N[C@H]3C[C@H]4C[C@@H]([C@@H]3C)C4(C)C)c2OC)cc(N(C)C)c1. The first-order valence-electron chi connectivity index (χ1n) is 16.1. The Hall–Kier alpha value is -2.69. The molecule has 2 aromatic rings. The molecular weight excluding hydrogens is 556 g/mol. The standard InChI is InChI=1S/C35H52N4O5/c1-20-28-15-25(35(28,3)4)16-29(20)37-34(42)32-31(21(2)41)30(19-40)44-39(32)18-23-10-9-11-27(33(23)43-8)24-12-22(17-36-5)13-26(14-24)38(6)7/h9-14,20-21,25,28-32,36,40-41H,15-19H2,1-8H3,(H,37,42)/t20-,21-,25+,28-,29-,30-,31+,32-/m0/s1. The molecule has 9 nitrogen and oxygen atoms in total. The van der Waals surface area contributed by atoms with Crippen LogP contribution in [0.25, 0.3) is 11.1 Å². The molecule has 1 heterocycles. The van der Waals surface area contributed by atoms with Crippen LogP contribution in [-0.4, -0.2) is 80.3 Å². The van der Waals surface area contributed by atoms with Gasteiger partial charge in [-0.1, -0.05) is 39.0 Å². The van der Waals surface area contributed by atoms with Crippen molar-refractivity contribution in [2.75, 3.05) is 39.8 Å². The van der Waals surface area contributed by atoms with Crippen LogP contribution in [0.3, 0.4) is 0 Å². The number of nitrogens with zero attached hydrogens (tertiary/aromatic N) is 2. The van der Waals surface area contributed by atoms with Crippen molar-refractivity contribution < 1.29 is 24.6 Å². The third kappa shape index (κ3) is 5.97. The lowest BCUT2D eigenvalue weighted by atomic mass is 9.45. The number of aliphatic hydroxyl groups is 2. The predicted octanol–water partition coefficient (Wildman–Crippen LogP) is 3.81. The van der Waals surface area contributed by atoms with E-state index in [0.717, 1.165) is 40.9 Å². The summed E-state index contributed by atoms with van der Waals surface area (Å²) in [6, 6.07) is 11.8. The number of anilines is 1. The van der Waals surface area contributed by atoms with Crippen LogP contribution in [0.15, 0.2) is 36.4 Å². The Bertz CT molecular complexity index is 1330. The molecule has 3 aliphatic carbocycles. The first-order chi connectivity index (χ1) is 20.9. The van der Waals surface area contributed by atoms with Crippen LogP contribution in [0.4, 0.5) is 5.69 Å². The maximum Gasteiger partial charge on any atom is 0.240 e. The maximum atomic E-state index is 14.1. The number of para-hydroxylation sites is 1. The molecule has 4 aliphatic rings.